The van der Waals surface area contributed by atoms with E-state index in [-0.39, 0.29) is 29.5 Å². The fourth-order valence-corrected chi connectivity index (χ4v) is 3.62. The van der Waals surface area contributed by atoms with Gasteiger partial charge in [0.15, 0.2) is 11.0 Å². The van der Waals surface area contributed by atoms with E-state index in [1.54, 1.807) is 6.92 Å². The second-order valence-electron chi connectivity index (χ2n) is 7.25. The van der Waals surface area contributed by atoms with Gasteiger partial charge in [-0.3, -0.25) is 4.68 Å². The van der Waals surface area contributed by atoms with E-state index in [9.17, 15) is 9.18 Å². The maximum atomic E-state index is 14.8. The summed E-state index contributed by atoms with van der Waals surface area (Å²) in [6.07, 6.45) is 2.74. The molecule has 9 nitrogen and oxygen atoms in total. The van der Waals surface area contributed by atoms with Crippen molar-refractivity contribution in [1.29, 1.82) is 0 Å². The highest BCUT2D eigenvalue weighted by atomic mass is 19.1. The number of rotatable bonds is 6. The molecule has 0 amide bonds. The summed E-state index contributed by atoms with van der Waals surface area (Å²) in [4.78, 5) is 20.6. The zero-order valence-corrected chi connectivity index (χ0v) is 17.9. The lowest BCUT2D eigenvalue weighted by Crippen LogP contribution is -2.07. The van der Waals surface area contributed by atoms with Gasteiger partial charge in [0.25, 0.3) is 11.9 Å². The second kappa shape index (κ2) is 8.30. The molecule has 0 spiro atoms. The van der Waals surface area contributed by atoms with Crippen LogP contribution in [0.1, 0.15) is 22.8 Å². The Morgan fingerprint density at radius 3 is 2.73 bits per heavy atom. The van der Waals surface area contributed by atoms with Gasteiger partial charge in [-0.15, -0.1) is 5.10 Å². The van der Waals surface area contributed by atoms with Crippen molar-refractivity contribution in [3.05, 3.63) is 71.9 Å². The molecule has 0 saturated heterocycles. The third kappa shape index (κ3) is 3.75. The van der Waals surface area contributed by atoms with Crippen LogP contribution in [0.4, 0.5) is 4.39 Å². The number of aromatic nitrogens is 6. The van der Waals surface area contributed by atoms with Crippen LogP contribution in [0, 0.1) is 5.95 Å². The van der Waals surface area contributed by atoms with E-state index >= 15 is 0 Å². The number of carbonyl (C=O) groups is 1. The van der Waals surface area contributed by atoms with E-state index in [1.165, 1.54) is 28.9 Å². The molecule has 0 N–H and O–H groups in total. The van der Waals surface area contributed by atoms with Gasteiger partial charge in [-0.2, -0.15) is 14.5 Å². The third-order valence-corrected chi connectivity index (χ3v) is 5.14. The number of fused-ring (bicyclic) bond motifs is 2. The number of ether oxygens (including phenoxy) is 2. The average molecular weight is 446 g/mol. The maximum Gasteiger partial charge on any atom is 0.341 e. The fourth-order valence-electron chi connectivity index (χ4n) is 3.62. The minimum absolute atomic E-state index is 0.00850. The monoisotopic (exact) mass is 446 g/mol. The van der Waals surface area contributed by atoms with Gasteiger partial charge in [0.1, 0.15) is 0 Å². The van der Waals surface area contributed by atoms with Crippen molar-refractivity contribution in [3.63, 3.8) is 0 Å². The molecule has 3 aromatic heterocycles. The molecule has 0 aliphatic carbocycles. The predicted octanol–water partition coefficient (Wildman–Crippen LogP) is 3.54. The topological polar surface area (TPSA) is 96.9 Å². The molecule has 0 unspecified atom stereocenters. The molecule has 0 bridgehead atoms. The van der Waals surface area contributed by atoms with Gasteiger partial charge in [-0.1, -0.05) is 36.4 Å². The predicted molar refractivity (Wildman–Crippen MR) is 118 cm³/mol. The van der Waals surface area contributed by atoms with Crippen molar-refractivity contribution in [2.45, 2.75) is 13.5 Å². The molecule has 0 radical (unpaired) electrons. The molecule has 0 aliphatic rings. The summed E-state index contributed by atoms with van der Waals surface area (Å²) in [5.74, 6) is -1.10. The second-order valence-corrected chi connectivity index (χ2v) is 7.25. The first-order valence-electron chi connectivity index (χ1n) is 10.2. The van der Waals surface area contributed by atoms with E-state index in [0.717, 1.165) is 16.3 Å². The van der Waals surface area contributed by atoms with Crippen LogP contribution >= 0.6 is 0 Å². The van der Waals surface area contributed by atoms with Gasteiger partial charge >= 0.3 is 5.97 Å². The SMILES string of the molecule is CCOC(=O)c1cnn(-c2nc(OC)c3c(n2)c(F)nn3Cc2ccc3ccccc3c2)c1. The minimum Gasteiger partial charge on any atom is -0.479 e. The van der Waals surface area contributed by atoms with Crippen molar-refractivity contribution < 1.29 is 18.7 Å². The van der Waals surface area contributed by atoms with Crippen molar-refractivity contribution in [2.75, 3.05) is 13.7 Å². The molecular formula is C23H19FN6O3. The Hall–Kier alpha value is -4.34. The molecule has 10 heteroatoms. The molecular weight excluding hydrogens is 427 g/mol. The number of halogens is 1. The summed E-state index contributed by atoms with van der Waals surface area (Å²) in [5, 5.41) is 10.3. The van der Waals surface area contributed by atoms with Crippen LogP contribution in [-0.4, -0.2) is 49.2 Å². The number of carbonyl (C=O) groups excluding carboxylic acids is 1. The van der Waals surface area contributed by atoms with Crippen LogP contribution in [0.15, 0.2) is 54.9 Å². The molecule has 166 valence electrons. The normalized spacial score (nSPS) is 11.2. The molecule has 33 heavy (non-hydrogen) atoms. The van der Waals surface area contributed by atoms with E-state index in [4.69, 9.17) is 9.47 Å². The summed E-state index contributed by atoms with van der Waals surface area (Å²) in [6, 6.07) is 14.0. The van der Waals surface area contributed by atoms with Gasteiger partial charge in [0, 0.05) is 6.20 Å². The quantitative estimate of drug-likeness (QED) is 0.368. The first-order valence-corrected chi connectivity index (χ1v) is 10.2. The van der Waals surface area contributed by atoms with Gasteiger partial charge in [-0.05, 0) is 29.3 Å². The molecule has 3 heterocycles. The van der Waals surface area contributed by atoms with Crippen LogP contribution in [0.2, 0.25) is 0 Å². The highest BCUT2D eigenvalue weighted by molar-refractivity contribution is 5.89. The smallest absolute Gasteiger partial charge is 0.341 e. The zero-order valence-electron chi connectivity index (χ0n) is 17.9. The van der Waals surface area contributed by atoms with E-state index in [2.05, 4.69) is 20.2 Å². The molecule has 0 aliphatic heterocycles. The van der Waals surface area contributed by atoms with Gasteiger partial charge in [-0.25, -0.2) is 14.5 Å². The summed E-state index contributed by atoms with van der Waals surface area (Å²) in [6.45, 7) is 2.25. The van der Waals surface area contributed by atoms with Crippen LogP contribution in [0.5, 0.6) is 5.88 Å². The highest BCUT2D eigenvalue weighted by Crippen LogP contribution is 2.27. The van der Waals surface area contributed by atoms with Crippen molar-refractivity contribution in [2.24, 2.45) is 0 Å². The Labute approximate surface area is 187 Å². The molecule has 5 aromatic rings. The first kappa shape index (κ1) is 20.6. The largest absolute Gasteiger partial charge is 0.479 e. The number of benzene rings is 2. The number of hydrogen-bond acceptors (Lipinski definition) is 7. The number of hydrogen-bond donors (Lipinski definition) is 0. The highest BCUT2D eigenvalue weighted by Gasteiger charge is 2.21. The van der Waals surface area contributed by atoms with Crippen molar-refractivity contribution in [1.82, 2.24) is 29.5 Å². The lowest BCUT2D eigenvalue weighted by molar-refractivity contribution is 0.0526. The van der Waals surface area contributed by atoms with Gasteiger partial charge in [0.05, 0.1) is 32.0 Å². The standard InChI is InChI=1S/C23H19FN6O3/c1-3-33-22(31)17-11-25-30(13-17)23-26-18-19(21(27-23)32-2)29(28-20(18)24)12-14-8-9-15-6-4-5-7-16(15)10-14/h4-11,13H,3,12H2,1-2H3. The maximum absolute atomic E-state index is 14.8. The van der Waals surface area contributed by atoms with Crippen LogP contribution in [-0.2, 0) is 11.3 Å². The summed E-state index contributed by atoms with van der Waals surface area (Å²) in [5.41, 5.74) is 1.48. The summed E-state index contributed by atoms with van der Waals surface area (Å²) in [7, 11) is 1.43. The van der Waals surface area contributed by atoms with E-state index in [1.807, 2.05) is 42.5 Å². The van der Waals surface area contributed by atoms with Crippen LogP contribution in [0.3, 0.4) is 0 Å². The third-order valence-electron chi connectivity index (χ3n) is 5.14. The Balaban J connectivity index is 1.55. The molecule has 0 atom stereocenters. The Morgan fingerprint density at radius 1 is 1.12 bits per heavy atom. The molecule has 5 rings (SSSR count). The lowest BCUT2D eigenvalue weighted by atomic mass is 10.1. The van der Waals surface area contributed by atoms with Gasteiger partial charge in [0.2, 0.25) is 5.88 Å². The first-order chi connectivity index (χ1) is 16.1. The fraction of sp³-hybridized carbons (Fsp3) is 0.174. The zero-order chi connectivity index (χ0) is 22.9. The summed E-state index contributed by atoms with van der Waals surface area (Å²) >= 11 is 0. The van der Waals surface area contributed by atoms with Crippen molar-refractivity contribution in [3.8, 4) is 11.8 Å². The Morgan fingerprint density at radius 2 is 1.94 bits per heavy atom. The Kier molecular flexibility index (Phi) is 5.17. The minimum atomic E-state index is -0.759. The molecule has 2 aromatic carbocycles. The van der Waals surface area contributed by atoms with Gasteiger partial charge < -0.3 is 9.47 Å². The van der Waals surface area contributed by atoms with Crippen LogP contribution < -0.4 is 4.74 Å². The van der Waals surface area contributed by atoms with E-state index < -0.39 is 11.9 Å². The average Bonchev–Trinajstić information content (AvgIpc) is 3.44. The van der Waals surface area contributed by atoms with Crippen molar-refractivity contribution >= 4 is 27.8 Å². The van der Waals surface area contributed by atoms with Crippen LogP contribution in [0.25, 0.3) is 27.8 Å². The summed E-state index contributed by atoms with van der Waals surface area (Å²) < 4.78 is 28.0. The number of esters is 1. The number of methoxy groups -OCH3 is 1. The Bertz CT molecular complexity index is 1490. The number of nitrogens with zero attached hydrogens (tertiary/aromatic N) is 6. The lowest BCUT2D eigenvalue weighted by Gasteiger charge is -2.09. The molecule has 0 saturated carbocycles. The molecule has 0 fully saturated rings. The van der Waals surface area contributed by atoms with E-state index in [0.29, 0.717) is 12.1 Å².